The van der Waals surface area contributed by atoms with E-state index in [1.807, 2.05) is 0 Å². The second-order valence-corrected chi connectivity index (χ2v) is 2.75. The second kappa shape index (κ2) is 3.03. The van der Waals surface area contributed by atoms with Gasteiger partial charge in [0.25, 0.3) is 0 Å². The molecule has 3 nitrogen and oxygen atoms in total. The standard InChI is InChI=1S/C8H7ClO3/c1-4-5(8(11)12)2-3-6(10)7(4)9/h2-3,10H,1H3,(H,11,12). The lowest BCUT2D eigenvalue weighted by Gasteiger charge is -2.03. The van der Waals surface area contributed by atoms with Gasteiger partial charge in [0.15, 0.2) is 0 Å². The Balaban J connectivity index is 3.36. The fourth-order valence-electron chi connectivity index (χ4n) is 0.902. The maximum atomic E-state index is 10.5. The Hall–Kier alpha value is -1.22. The van der Waals surface area contributed by atoms with Crippen LogP contribution in [0.2, 0.25) is 5.02 Å². The van der Waals surface area contributed by atoms with Crippen molar-refractivity contribution >= 4 is 17.6 Å². The van der Waals surface area contributed by atoms with E-state index in [2.05, 4.69) is 0 Å². The molecule has 1 rings (SSSR count). The largest absolute Gasteiger partial charge is 0.506 e. The summed E-state index contributed by atoms with van der Waals surface area (Å²) in [4.78, 5) is 10.5. The van der Waals surface area contributed by atoms with Crippen LogP contribution in [0.25, 0.3) is 0 Å². The zero-order chi connectivity index (χ0) is 9.30. The summed E-state index contributed by atoms with van der Waals surface area (Å²) in [5.74, 6) is -1.14. The van der Waals surface area contributed by atoms with E-state index in [0.29, 0.717) is 5.56 Å². The molecule has 0 unspecified atom stereocenters. The molecule has 0 aromatic heterocycles. The molecule has 0 aliphatic heterocycles. The molecule has 0 aliphatic rings. The first kappa shape index (κ1) is 8.87. The number of hydrogen-bond acceptors (Lipinski definition) is 2. The van der Waals surface area contributed by atoms with Crippen molar-refractivity contribution in [3.63, 3.8) is 0 Å². The summed E-state index contributed by atoms with van der Waals surface area (Å²) < 4.78 is 0. The summed E-state index contributed by atoms with van der Waals surface area (Å²) in [6.45, 7) is 1.55. The van der Waals surface area contributed by atoms with Gasteiger partial charge in [-0.3, -0.25) is 0 Å². The van der Waals surface area contributed by atoms with Gasteiger partial charge >= 0.3 is 5.97 Å². The molecule has 0 amide bonds. The van der Waals surface area contributed by atoms with Crippen molar-refractivity contribution in [1.82, 2.24) is 0 Å². The summed E-state index contributed by atoms with van der Waals surface area (Å²) in [7, 11) is 0. The quantitative estimate of drug-likeness (QED) is 0.706. The lowest BCUT2D eigenvalue weighted by molar-refractivity contribution is 0.0696. The van der Waals surface area contributed by atoms with Crippen molar-refractivity contribution < 1.29 is 15.0 Å². The summed E-state index contributed by atoms with van der Waals surface area (Å²) >= 11 is 5.61. The molecule has 0 atom stereocenters. The zero-order valence-electron chi connectivity index (χ0n) is 6.34. The summed E-state index contributed by atoms with van der Waals surface area (Å²) in [6.07, 6.45) is 0. The molecule has 2 N–H and O–H groups in total. The molecule has 0 spiro atoms. The lowest BCUT2D eigenvalue weighted by atomic mass is 10.1. The Kier molecular flexibility index (Phi) is 2.24. The number of aromatic carboxylic acids is 1. The molecule has 0 aliphatic carbocycles. The Morgan fingerprint density at radius 2 is 2.08 bits per heavy atom. The third kappa shape index (κ3) is 1.36. The van der Waals surface area contributed by atoms with Crippen LogP contribution in [0.15, 0.2) is 12.1 Å². The highest BCUT2D eigenvalue weighted by Crippen LogP contribution is 2.28. The smallest absolute Gasteiger partial charge is 0.336 e. The molecule has 0 bridgehead atoms. The maximum Gasteiger partial charge on any atom is 0.336 e. The molecule has 12 heavy (non-hydrogen) atoms. The van der Waals surface area contributed by atoms with Crippen LogP contribution in [0, 0.1) is 6.92 Å². The molecule has 0 radical (unpaired) electrons. The number of rotatable bonds is 1. The van der Waals surface area contributed by atoms with Crippen molar-refractivity contribution in [1.29, 1.82) is 0 Å². The third-order valence-electron chi connectivity index (χ3n) is 1.60. The van der Waals surface area contributed by atoms with E-state index in [0.717, 1.165) is 0 Å². The van der Waals surface area contributed by atoms with E-state index >= 15 is 0 Å². The number of carbonyl (C=O) groups is 1. The number of carboxylic acids is 1. The predicted octanol–water partition coefficient (Wildman–Crippen LogP) is 2.05. The van der Waals surface area contributed by atoms with Crippen molar-refractivity contribution in [2.45, 2.75) is 6.92 Å². The predicted molar refractivity (Wildman–Crippen MR) is 44.8 cm³/mol. The molecule has 1 aromatic carbocycles. The average molecular weight is 187 g/mol. The molecule has 4 heteroatoms. The van der Waals surface area contributed by atoms with Gasteiger partial charge in [-0.15, -0.1) is 0 Å². The SMILES string of the molecule is Cc1c(C(=O)O)ccc(O)c1Cl. The molecule has 64 valence electrons. The van der Waals surface area contributed by atoms with Crippen LogP contribution < -0.4 is 0 Å². The van der Waals surface area contributed by atoms with Crippen molar-refractivity contribution in [2.24, 2.45) is 0 Å². The van der Waals surface area contributed by atoms with Gasteiger partial charge in [-0.1, -0.05) is 11.6 Å². The van der Waals surface area contributed by atoms with E-state index in [1.165, 1.54) is 12.1 Å². The monoisotopic (exact) mass is 186 g/mol. The number of phenolic OH excluding ortho intramolecular Hbond substituents is 1. The Morgan fingerprint density at radius 1 is 1.50 bits per heavy atom. The maximum absolute atomic E-state index is 10.5. The van der Waals surface area contributed by atoms with Gasteiger partial charge in [-0.05, 0) is 24.6 Å². The van der Waals surface area contributed by atoms with Crippen LogP contribution >= 0.6 is 11.6 Å². The van der Waals surface area contributed by atoms with Gasteiger partial charge in [0.1, 0.15) is 5.75 Å². The third-order valence-corrected chi connectivity index (χ3v) is 2.07. The van der Waals surface area contributed by atoms with E-state index in [1.54, 1.807) is 6.92 Å². The average Bonchev–Trinajstić information content (AvgIpc) is 2.00. The zero-order valence-corrected chi connectivity index (χ0v) is 7.09. The van der Waals surface area contributed by atoms with Crippen molar-refractivity contribution in [3.8, 4) is 5.75 Å². The van der Waals surface area contributed by atoms with Gasteiger partial charge in [0.2, 0.25) is 0 Å². The number of benzene rings is 1. The highest BCUT2D eigenvalue weighted by molar-refractivity contribution is 6.33. The molecular formula is C8H7ClO3. The number of hydrogen-bond donors (Lipinski definition) is 2. The minimum Gasteiger partial charge on any atom is -0.506 e. The number of aromatic hydroxyl groups is 1. The molecule has 0 saturated heterocycles. The minimum absolute atomic E-state index is 0.0925. The molecular weight excluding hydrogens is 180 g/mol. The molecule has 0 saturated carbocycles. The Bertz CT molecular complexity index is 333. The first-order chi connectivity index (χ1) is 5.54. The molecule has 0 fully saturated rings. The first-order valence-electron chi connectivity index (χ1n) is 3.25. The number of halogens is 1. The normalized spacial score (nSPS) is 9.83. The van der Waals surface area contributed by atoms with Gasteiger partial charge in [0, 0.05) is 0 Å². The highest BCUT2D eigenvalue weighted by atomic mass is 35.5. The summed E-state index contributed by atoms with van der Waals surface area (Å²) in [6, 6.07) is 2.58. The fraction of sp³-hybridized carbons (Fsp3) is 0.125. The van der Waals surface area contributed by atoms with Gasteiger partial charge < -0.3 is 10.2 Å². The topological polar surface area (TPSA) is 57.5 Å². The molecule has 0 heterocycles. The van der Waals surface area contributed by atoms with Crippen LogP contribution in [-0.4, -0.2) is 16.2 Å². The van der Waals surface area contributed by atoms with Gasteiger partial charge in [-0.25, -0.2) is 4.79 Å². The highest BCUT2D eigenvalue weighted by Gasteiger charge is 2.11. The fourth-order valence-corrected chi connectivity index (χ4v) is 1.07. The van der Waals surface area contributed by atoms with Crippen molar-refractivity contribution in [3.05, 3.63) is 28.3 Å². The lowest BCUT2D eigenvalue weighted by Crippen LogP contribution is -1.99. The van der Waals surface area contributed by atoms with Crippen LogP contribution in [-0.2, 0) is 0 Å². The van der Waals surface area contributed by atoms with Crippen LogP contribution in [0.1, 0.15) is 15.9 Å². The summed E-state index contributed by atoms with van der Waals surface area (Å²) in [5.41, 5.74) is 0.488. The second-order valence-electron chi connectivity index (χ2n) is 2.38. The molecule has 1 aromatic rings. The van der Waals surface area contributed by atoms with Gasteiger partial charge in [0.05, 0.1) is 10.6 Å². The summed E-state index contributed by atoms with van der Waals surface area (Å²) in [5, 5.41) is 17.8. The Labute approximate surface area is 74.2 Å². The van der Waals surface area contributed by atoms with Gasteiger partial charge in [-0.2, -0.15) is 0 Å². The first-order valence-corrected chi connectivity index (χ1v) is 3.63. The Morgan fingerprint density at radius 3 is 2.58 bits per heavy atom. The van der Waals surface area contributed by atoms with E-state index in [4.69, 9.17) is 21.8 Å². The van der Waals surface area contributed by atoms with Crippen LogP contribution in [0.3, 0.4) is 0 Å². The van der Waals surface area contributed by atoms with E-state index in [9.17, 15) is 4.79 Å². The minimum atomic E-state index is -1.05. The van der Waals surface area contributed by atoms with Crippen LogP contribution in [0.4, 0.5) is 0 Å². The van der Waals surface area contributed by atoms with E-state index < -0.39 is 5.97 Å². The number of phenols is 1. The van der Waals surface area contributed by atoms with Crippen LogP contribution in [0.5, 0.6) is 5.75 Å². The number of carboxylic acid groups (broad SMARTS) is 1. The van der Waals surface area contributed by atoms with E-state index in [-0.39, 0.29) is 16.3 Å². The van der Waals surface area contributed by atoms with Crippen molar-refractivity contribution in [2.75, 3.05) is 0 Å².